The lowest BCUT2D eigenvalue weighted by Crippen LogP contribution is -2.78. The van der Waals surface area contributed by atoms with E-state index < -0.39 is 16.6 Å². The molecule has 0 aliphatic heterocycles. The van der Waals surface area contributed by atoms with E-state index >= 15 is 0 Å². The predicted molar refractivity (Wildman–Crippen MR) is 274 cm³/mol. The van der Waals surface area contributed by atoms with Crippen molar-refractivity contribution in [2.75, 3.05) is 14.2 Å². The normalized spacial score (nSPS) is 12.3. The Kier molecular flexibility index (Phi) is 17.7. The number of methoxy groups -OCH3 is 2. The highest BCUT2D eigenvalue weighted by atomic mass is 28.4. The van der Waals surface area contributed by atoms with E-state index in [1.54, 1.807) is 14.2 Å². The van der Waals surface area contributed by atoms with Gasteiger partial charge in [-0.05, 0) is 105 Å². The number of aryl methyl sites for hydroxylation is 2. The second-order valence-electron chi connectivity index (χ2n) is 18.9. The summed E-state index contributed by atoms with van der Waals surface area (Å²) in [4.78, 5) is 0. The van der Waals surface area contributed by atoms with Crippen LogP contribution >= 0.6 is 0 Å². The van der Waals surface area contributed by atoms with Crippen LogP contribution < -0.4 is 30.2 Å². The van der Waals surface area contributed by atoms with Crippen LogP contribution in [0.1, 0.15) is 116 Å². The van der Waals surface area contributed by atoms with Crippen LogP contribution in [-0.4, -0.2) is 30.9 Å². The summed E-state index contributed by atoms with van der Waals surface area (Å²) in [5.74, 6) is 1.85. The molecule has 0 N–H and O–H groups in total. The zero-order valence-electron chi connectivity index (χ0n) is 39.3. The lowest BCUT2D eigenvalue weighted by molar-refractivity contribution is 0.414. The van der Waals surface area contributed by atoms with E-state index in [1.165, 1.54) is 96.1 Å². The second kappa shape index (κ2) is 23.3. The number of ether oxygens (including phenoxy) is 2. The molecular formula is C58H74O3Si2. The molecule has 0 spiro atoms. The van der Waals surface area contributed by atoms with Gasteiger partial charge in [-0.25, -0.2) is 0 Å². The van der Waals surface area contributed by atoms with Crippen LogP contribution in [0.4, 0.5) is 0 Å². The molecule has 0 aromatic heterocycles. The molecule has 0 radical (unpaired) electrons. The molecule has 0 saturated heterocycles. The highest BCUT2D eigenvalue weighted by Gasteiger charge is 2.61. The Labute approximate surface area is 383 Å². The van der Waals surface area contributed by atoms with Gasteiger partial charge in [0.1, 0.15) is 11.5 Å². The molecule has 6 rings (SSSR count). The van der Waals surface area contributed by atoms with Gasteiger partial charge in [-0.1, -0.05) is 225 Å². The highest BCUT2D eigenvalue weighted by molar-refractivity contribution is 7.11. The number of hydrogen-bond acceptors (Lipinski definition) is 3. The minimum atomic E-state index is -3.07. The van der Waals surface area contributed by atoms with Crippen LogP contribution in [-0.2, 0) is 17.0 Å². The van der Waals surface area contributed by atoms with Crippen molar-refractivity contribution in [2.45, 2.75) is 128 Å². The average molecular weight is 875 g/mol. The maximum absolute atomic E-state index is 8.88. The molecule has 6 aromatic rings. The summed E-state index contributed by atoms with van der Waals surface area (Å²) in [6, 6.07) is 63.0. The molecule has 0 unspecified atom stereocenters. The Morgan fingerprint density at radius 1 is 0.333 bits per heavy atom. The van der Waals surface area contributed by atoms with Crippen molar-refractivity contribution in [1.29, 1.82) is 0 Å². The molecule has 0 saturated carbocycles. The number of rotatable bonds is 26. The van der Waals surface area contributed by atoms with Crippen molar-refractivity contribution in [2.24, 2.45) is 0 Å². The highest BCUT2D eigenvalue weighted by Crippen LogP contribution is 2.49. The molecule has 0 atom stereocenters. The summed E-state index contributed by atoms with van der Waals surface area (Å²) in [6.07, 6.45) is 16.7. The molecule has 0 aliphatic rings. The average Bonchev–Trinajstić information content (AvgIpc) is 3.32. The summed E-state index contributed by atoms with van der Waals surface area (Å²) < 4.78 is 19.6. The van der Waals surface area contributed by atoms with Crippen LogP contribution in [0, 0.1) is 0 Å². The zero-order valence-corrected chi connectivity index (χ0v) is 41.3. The van der Waals surface area contributed by atoms with E-state index in [-0.39, 0.29) is 10.1 Å². The molecule has 5 heteroatoms. The van der Waals surface area contributed by atoms with E-state index in [4.69, 9.17) is 13.6 Å². The number of hydrogen-bond donors (Lipinski definition) is 0. The standard InChI is InChI=1S/C58H74O3Si2/c1-57(2,47-27-11-7-9-17-29-49-39-43-51(59-5)44-40-49)62(53-31-19-13-20-32-53,54-33-21-14-22-34-54)61-63(55-35-23-15-24-36-55,56-37-25-16-26-38-56)58(3,4)48-28-12-8-10-18-30-50-41-45-52(60-6)46-42-50/h13-16,19-26,31-46H,7-12,17-18,27-30,47-48H2,1-6H3. The van der Waals surface area contributed by atoms with Crippen LogP contribution in [0.2, 0.25) is 10.1 Å². The summed E-state index contributed by atoms with van der Waals surface area (Å²) >= 11 is 0. The first-order valence-corrected chi connectivity index (χ1v) is 27.6. The van der Waals surface area contributed by atoms with Crippen molar-refractivity contribution < 1.29 is 13.6 Å². The Balaban J connectivity index is 1.30. The summed E-state index contributed by atoms with van der Waals surface area (Å²) in [5.41, 5.74) is 2.78. The van der Waals surface area contributed by atoms with Gasteiger partial charge in [-0.15, -0.1) is 0 Å². The Morgan fingerprint density at radius 3 is 0.889 bits per heavy atom. The molecule has 0 amide bonds. The SMILES string of the molecule is COc1ccc(CCCCCCCC(C)(C)[Si](O[Si](c2ccccc2)(c2ccccc2)C(C)(C)CCCCCCCc2ccc(OC)cc2)(c2ccccc2)c2ccccc2)cc1. The summed E-state index contributed by atoms with van der Waals surface area (Å²) in [7, 11) is -2.68. The Hall–Kier alpha value is -4.69. The second-order valence-corrected chi connectivity index (χ2v) is 27.5. The summed E-state index contributed by atoms with van der Waals surface area (Å²) in [6.45, 7) is 10.2. The van der Waals surface area contributed by atoms with Gasteiger partial charge in [0.15, 0.2) is 0 Å². The third-order valence-corrected chi connectivity index (χ3v) is 25.1. The van der Waals surface area contributed by atoms with E-state index in [1.807, 2.05) is 0 Å². The Morgan fingerprint density at radius 2 is 0.603 bits per heavy atom. The van der Waals surface area contributed by atoms with Gasteiger partial charge in [0.05, 0.1) is 14.2 Å². The fraction of sp³-hybridized carbons (Fsp3) is 0.379. The van der Waals surface area contributed by atoms with Crippen LogP contribution in [0.15, 0.2) is 170 Å². The van der Waals surface area contributed by atoms with Crippen molar-refractivity contribution in [3.63, 3.8) is 0 Å². The van der Waals surface area contributed by atoms with Crippen molar-refractivity contribution in [3.8, 4) is 11.5 Å². The lowest BCUT2D eigenvalue weighted by atomic mass is 10.0. The van der Waals surface area contributed by atoms with Crippen molar-refractivity contribution >= 4 is 37.4 Å². The lowest BCUT2D eigenvalue weighted by Gasteiger charge is -2.55. The molecule has 0 bridgehead atoms. The van der Waals surface area contributed by atoms with Gasteiger partial charge >= 0.3 is 0 Å². The molecule has 332 valence electrons. The van der Waals surface area contributed by atoms with Crippen LogP contribution in [0.25, 0.3) is 0 Å². The molecular weight excluding hydrogens is 801 g/mol. The van der Waals surface area contributed by atoms with Gasteiger partial charge < -0.3 is 13.6 Å². The molecule has 0 heterocycles. The fourth-order valence-corrected chi connectivity index (χ4v) is 23.5. The fourth-order valence-electron chi connectivity index (χ4n) is 10.1. The van der Waals surface area contributed by atoms with E-state index in [2.05, 4.69) is 198 Å². The third kappa shape index (κ3) is 11.9. The van der Waals surface area contributed by atoms with Gasteiger partial charge in [0.2, 0.25) is 0 Å². The van der Waals surface area contributed by atoms with Gasteiger partial charge in [0, 0.05) is 0 Å². The monoisotopic (exact) mass is 875 g/mol. The van der Waals surface area contributed by atoms with Gasteiger partial charge in [0.25, 0.3) is 16.6 Å². The molecule has 3 nitrogen and oxygen atoms in total. The first-order valence-electron chi connectivity index (χ1n) is 23.8. The third-order valence-electron chi connectivity index (χ3n) is 13.8. The van der Waals surface area contributed by atoms with Crippen LogP contribution in [0.5, 0.6) is 11.5 Å². The largest absolute Gasteiger partial charge is 0.497 e. The molecule has 0 fully saturated rings. The zero-order chi connectivity index (χ0) is 44.4. The van der Waals surface area contributed by atoms with E-state index in [9.17, 15) is 0 Å². The van der Waals surface area contributed by atoms with Gasteiger partial charge in [-0.3, -0.25) is 0 Å². The molecule has 63 heavy (non-hydrogen) atoms. The Bertz CT molecular complexity index is 1930. The molecule has 0 aliphatic carbocycles. The van der Waals surface area contributed by atoms with E-state index in [0.29, 0.717) is 0 Å². The topological polar surface area (TPSA) is 27.7 Å². The number of benzene rings is 6. The van der Waals surface area contributed by atoms with E-state index in [0.717, 1.165) is 37.2 Å². The minimum Gasteiger partial charge on any atom is -0.497 e. The first kappa shape index (κ1) is 47.8. The number of unbranched alkanes of at least 4 members (excludes halogenated alkanes) is 8. The smallest absolute Gasteiger partial charge is 0.251 e. The first-order chi connectivity index (χ1) is 30.6. The molecule has 6 aromatic carbocycles. The minimum absolute atomic E-state index is 0.124. The van der Waals surface area contributed by atoms with Crippen LogP contribution in [0.3, 0.4) is 0 Å². The maximum Gasteiger partial charge on any atom is 0.251 e. The summed E-state index contributed by atoms with van der Waals surface area (Å²) in [5, 5.41) is 5.24. The quantitative estimate of drug-likeness (QED) is 0.0401. The predicted octanol–water partition coefficient (Wildman–Crippen LogP) is 13.3. The van der Waals surface area contributed by atoms with Gasteiger partial charge in [-0.2, -0.15) is 0 Å². The maximum atomic E-state index is 8.88. The van der Waals surface area contributed by atoms with Crippen molar-refractivity contribution in [1.82, 2.24) is 0 Å². The van der Waals surface area contributed by atoms with Crippen molar-refractivity contribution in [3.05, 3.63) is 181 Å².